The van der Waals surface area contributed by atoms with Crippen LogP contribution in [0.5, 0.6) is 0 Å². The lowest BCUT2D eigenvalue weighted by Gasteiger charge is -2.12. The Bertz CT molecular complexity index is 756. The summed E-state index contributed by atoms with van der Waals surface area (Å²) in [6, 6.07) is 8.86. The molecule has 2 nitrogen and oxygen atoms in total. The van der Waals surface area contributed by atoms with Gasteiger partial charge in [0.15, 0.2) is 0 Å². The van der Waals surface area contributed by atoms with Crippen molar-refractivity contribution in [3.8, 4) is 0 Å². The number of hydrogen-bond acceptors (Lipinski definition) is 1. The maximum absolute atomic E-state index is 4.55. The van der Waals surface area contributed by atoms with Crippen molar-refractivity contribution in [2.45, 2.75) is 25.0 Å². The van der Waals surface area contributed by atoms with Gasteiger partial charge in [-0.1, -0.05) is 47.7 Å². The van der Waals surface area contributed by atoms with Crippen molar-refractivity contribution < 1.29 is 0 Å². The van der Waals surface area contributed by atoms with Crippen LogP contribution in [0.2, 0.25) is 19.6 Å². The Morgan fingerprint density at radius 3 is 2.63 bits per heavy atom. The summed E-state index contributed by atoms with van der Waals surface area (Å²) < 4.78 is 0. The van der Waals surface area contributed by atoms with Crippen molar-refractivity contribution in [1.82, 2.24) is 9.97 Å². The van der Waals surface area contributed by atoms with E-state index in [2.05, 4.69) is 69.8 Å². The standard InChI is InChI=1S/C15H17BrN2Si/c1-19(2,3)14-7-13-12-6-10(8-16)4-5-11(12)9-17-15(13)18-14/h4-7,9H,8H2,1-3H3,(H,17,18). The zero-order valence-corrected chi connectivity index (χ0v) is 14.0. The zero-order chi connectivity index (χ0) is 13.6. The summed E-state index contributed by atoms with van der Waals surface area (Å²) in [4.78, 5) is 8.06. The molecule has 0 saturated carbocycles. The highest BCUT2D eigenvalue weighted by Crippen LogP contribution is 2.25. The highest BCUT2D eigenvalue weighted by molar-refractivity contribution is 9.08. The molecule has 0 bridgehead atoms. The van der Waals surface area contributed by atoms with Crippen molar-refractivity contribution in [2.75, 3.05) is 0 Å². The smallest absolute Gasteiger partial charge is 0.137 e. The van der Waals surface area contributed by atoms with E-state index in [9.17, 15) is 0 Å². The fourth-order valence-corrected chi connectivity index (χ4v) is 3.74. The molecule has 0 atom stereocenters. The van der Waals surface area contributed by atoms with Crippen LogP contribution in [0.25, 0.3) is 21.8 Å². The van der Waals surface area contributed by atoms with Gasteiger partial charge in [0.25, 0.3) is 0 Å². The van der Waals surface area contributed by atoms with Crippen molar-refractivity contribution in [3.05, 3.63) is 36.0 Å². The number of rotatable bonds is 2. The molecule has 0 spiro atoms. The topological polar surface area (TPSA) is 28.7 Å². The first-order valence-corrected chi connectivity index (χ1v) is 11.1. The number of nitrogens with one attached hydrogen (secondary N) is 1. The normalized spacial score (nSPS) is 12.4. The van der Waals surface area contributed by atoms with Gasteiger partial charge in [0.2, 0.25) is 0 Å². The summed E-state index contributed by atoms with van der Waals surface area (Å²) in [5, 5.41) is 6.00. The van der Waals surface area contributed by atoms with Crippen LogP contribution in [0, 0.1) is 0 Å². The van der Waals surface area contributed by atoms with Crippen LogP contribution < -0.4 is 5.32 Å². The van der Waals surface area contributed by atoms with E-state index >= 15 is 0 Å². The predicted molar refractivity (Wildman–Crippen MR) is 89.2 cm³/mol. The van der Waals surface area contributed by atoms with Gasteiger partial charge in [0.1, 0.15) is 5.65 Å². The van der Waals surface area contributed by atoms with Gasteiger partial charge in [-0.15, -0.1) is 0 Å². The molecular formula is C15H17BrN2Si. The number of H-pyrrole nitrogens is 1. The van der Waals surface area contributed by atoms with E-state index in [0.29, 0.717) is 0 Å². The first-order valence-electron chi connectivity index (χ1n) is 6.46. The first-order chi connectivity index (χ1) is 8.99. The quantitative estimate of drug-likeness (QED) is 0.554. The molecule has 0 aliphatic heterocycles. The minimum Gasteiger partial charge on any atom is -0.347 e. The van der Waals surface area contributed by atoms with Crippen molar-refractivity contribution >= 4 is 51.1 Å². The van der Waals surface area contributed by atoms with Crippen LogP contribution in [0.1, 0.15) is 5.56 Å². The number of benzene rings is 1. The van der Waals surface area contributed by atoms with Crippen molar-refractivity contribution in [3.63, 3.8) is 0 Å². The minimum absolute atomic E-state index is 0.887. The summed E-state index contributed by atoms with van der Waals surface area (Å²) >= 11 is 3.53. The Hall–Kier alpha value is -1.13. The van der Waals surface area contributed by atoms with E-state index in [-0.39, 0.29) is 0 Å². The Labute approximate surface area is 122 Å². The Morgan fingerprint density at radius 1 is 1.16 bits per heavy atom. The molecule has 98 valence electrons. The lowest BCUT2D eigenvalue weighted by molar-refractivity contribution is 1.35. The second-order valence-corrected chi connectivity index (χ2v) is 11.6. The molecule has 0 aliphatic rings. The van der Waals surface area contributed by atoms with Crippen LogP contribution in [0.15, 0.2) is 30.5 Å². The highest BCUT2D eigenvalue weighted by Gasteiger charge is 2.19. The molecule has 19 heavy (non-hydrogen) atoms. The van der Waals surface area contributed by atoms with E-state index in [1.807, 2.05) is 6.20 Å². The minimum atomic E-state index is -1.33. The van der Waals surface area contributed by atoms with Crippen molar-refractivity contribution in [2.24, 2.45) is 0 Å². The molecule has 0 fully saturated rings. The third kappa shape index (κ3) is 2.23. The van der Waals surface area contributed by atoms with Gasteiger partial charge >= 0.3 is 0 Å². The van der Waals surface area contributed by atoms with E-state index in [4.69, 9.17) is 0 Å². The Kier molecular flexibility index (Phi) is 3.02. The molecule has 0 amide bonds. The van der Waals surface area contributed by atoms with E-state index < -0.39 is 8.07 Å². The van der Waals surface area contributed by atoms with Crippen LogP contribution >= 0.6 is 15.9 Å². The molecule has 0 unspecified atom stereocenters. The summed E-state index contributed by atoms with van der Waals surface area (Å²) in [7, 11) is -1.33. The molecule has 4 heteroatoms. The molecule has 3 aromatic rings. The van der Waals surface area contributed by atoms with Gasteiger partial charge in [-0.25, -0.2) is 4.98 Å². The number of fused-ring (bicyclic) bond motifs is 3. The lowest BCUT2D eigenvalue weighted by atomic mass is 10.1. The fourth-order valence-electron chi connectivity index (χ4n) is 2.32. The highest BCUT2D eigenvalue weighted by atomic mass is 79.9. The monoisotopic (exact) mass is 332 g/mol. The molecule has 1 N–H and O–H groups in total. The second kappa shape index (κ2) is 4.46. The van der Waals surface area contributed by atoms with Crippen LogP contribution in [-0.4, -0.2) is 18.0 Å². The van der Waals surface area contributed by atoms with Gasteiger partial charge < -0.3 is 4.98 Å². The zero-order valence-electron chi connectivity index (χ0n) is 11.4. The summed E-state index contributed by atoms with van der Waals surface area (Å²) in [6.45, 7) is 7.05. The maximum Gasteiger partial charge on any atom is 0.137 e. The van der Waals surface area contributed by atoms with Gasteiger partial charge in [0.05, 0.1) is 8.07 Å². The number of halogens is 1. The first kappa shape index (κ1) is 12.9. The summed E-state index contributed by atoms with van der Waals surface area (Å²) in [5.74, 6) is 0. The molecule has 3 rings (SSSR count). The molecule has 1 aromatic carbocycles. The third-order valence-corrected chi connectivity index (χ3v) is 6.03. The molecule has 2 aromatic heterocycles. The number of pyridine rings is 1. The number of aromatic amines is 1. The van der Waals surface area contributed by atoms with E-state index in [0.717, 1.165) is 11.0 Å². The van der Waals surface area contributed by atoms with Gasteiger partial charge in [0, 0.05) is 27.6 Å². The van der Waals surface area contributed by atoms with Gasteiger partial charge in [-0.05, 0) is 23.1 Å². The average Bonchev–Trinajstić information content (AvgIpc) is 2.82. The summed E-state index contributed by atoms with van der Waals surface area (Å²) in [6.07, 6.45) is 1.96. The molecule has 0 aliphatic carbocycles. The Balaban J connectivity index is 2.35. The van der Waals surface area contributed by atoms with E-state index in [1.54, 1.807) is 0 Å². The molecule has 0 saturated heterocycles. The maximum atomic E-state index is 4.55. The van der Waals surface area contributed by atoms with Gasteiger partial charge in [-0.3, -0.25) is 0 Å². The predicted octanol–water partition coefficient (Wildman–Crippen LogP) is 4.16. The van der Waals surface area contributed by atoms with Crippen molar-refractivity contribution in [1.29, 1.82) is 0 Å². The summed E-state index contributed by atoms with van der Waals surface area (Å²) in [5.41, 5.74) is 2.31. The lowest BCUT2D eigenvalue weighted by Crippen LogP contribution is -2.38. The molecule has 0 radical (unpaired) electrons. The van der Waals surface area contributed by atoms with Crippen LogP contribution in [0.3, 0.4) is 0 Å². The molecular weight excluding hydrogens is 316 g/mol. The average molecular weight is 333 g/mol. The molecule has 2 heterocycles. The second-order valence-electron chi connectivity index (χ2n) is 6.01. The fraction of sp³-hybridized carbons (Fsp3) is 0.267. The van der Waals surface area contributed by atoms with Crippen LogP contribution in [-0.2, 0) is 5.33 Å². The SMILES string of the molecule is C[Si](C)(C)c1cc2c(ncc3ccc(CBr)cc32)[nH]1. The number of aromatic nitrogens is 2. The van der Waals surface area contributed by atoms with Crippen LogP contribution in [0.4, 0.5) is 0 Å². The Morgan fingerprint density at radius 2 is 1.95 bits per heavy atom. The number of hydrogen-bond donors (Lipinski definition) is 1. The number of nitrogens with zero attached hydrogens (tertiary/aromatic N) is 1. The van der Waals surface area contributed by atoms with Gasteiger partial charge in [-0.2, -0.15) is 0 Å². The largest absolute Gasteiger partial charge is 0.347 e. The van der Waals surface area contributed by atoms with E-state index in [1.165, 1.54) is 27.0 Å². The third-order valence-electron chi connectivity index (χ3n) is 3.50. The number of alkyl halides is 1.